The third-order valence-corrected chi connectivity index (χ3v) is 2.82. The van der Waals surface area contributed by atoms with Gasteiger partial charge in [-0.3, -0.25) is 0 Å². The van der Waals surface area contributed by atoms with Crippen LogP contribution in [0.15, 0.2) is 42.5 Å². The molecule has 2 nitrogen and oxygen atoms in total. The molecule has 2 aromatic carbocycles. The van der Waals surface area contributed by atoms with Crippen LogP contribution in [0.2, 0.25) is 5.02 Å². The molecule has 88 valence electrons. The van der Waals surface area contributed by atoms with Crippen molar-refractivity contribution in [2.75, 3.05) is 12.8 Å². The number of hydrogen-bond donors (Lipinski definition) is 1. The summed E-state index contributed by atoms with van der Waals surface area (Å²) in [5.41, 5.74) is 8.73. The molecule has 0 bridgehead atoms. The van der Waals surface area contributed by atoms with E-state index in [0.717, 1.165) is 29.0 Å². The molecule has 2 rings (SSSR count). The molecule has 0 aliphatic carbocycles. The van der Waals surface area contributed by atoms with E-state index in [9.17, 15) is 0 Å². The summed E-state index contributed by atoms with van der Waals surface area (Å²) in [5, 5.41) is 0.713. The van der Waals surface area contributed by atoms with Gasteiger partial charge in [-0.15, -0.1) is 0 Å². The van der Waals surface area contributed by atoms with Crippen LogP contribution in [0.5, 0.6) is 5.75 Å². The van der Waals surface area contributed by atoms with E-state index in [1.54, 1.807) is 7.11 Å². The van der Waals surface area contributed by atoms with Crippen molar-refractivity contribution >= 4 is 17.3 Å². The minimum Gasteiger partial charge on any atom is -0.496 e. The predicted molar refractivity (Wildman–Crippen MR) is 71.7 cm³/mol. The smallest absolute Gasteiger partial charge is 0.122 e. The van der Waals surface area contributed by atoms with E-state index in [2.05, 4.69) is 0 Å². The molecule has 3 heteroatoms. The van der Waals surface area contributed by atoms with Gasteiger partial charge in [0, 0.05) is 17.1 Å². The molecule has 0 saturated heterocycles. The predicted octanol–water partition coefficient (Wildman–Crippen LogP) is 3.52. The quantitative estimate of drug-likeness (QED) is 0.843. The van der Waals surface area contributed by atoms with E-state index < -0.39 is 0 Å². The van der Waals surface area contributed by atoms with E-state index in [0.29, 0.717) is 5.02 Å². The van der Waals surface area contributed by atoms with E-state index in [1.807, 2.05) is 42.5 Å². The number of halogens is 1. The van der Waals surface area contributed by atoms with E-state index >= 15 is 0 Å². The number of nitrogen functional groups attached to an aromatic ring is 1. The first-order valence-electron chi connectivity index (χ1n) is 5.36. The summed E-state index contributed by atoms with van der Waals surface area (Å²) >= 11 is 5.99. The Morgan fingerprint density at radius 2 is 2.00 bits per heavy atom. The highest BCUT2D eigenvalue weighted by Gasteiger charge is 2.05. The summed E-state index contributed by atoms with van der Waals surface area (Å²) in [4.78, 5) is 0. The second-order valence-electron chi connectivity index (χ2n) is 3.88. The molecule has 0 atom stereocenters. The first-order valence-corrected chi connectivity index (χ1v) is 5.73. The van der Waals surface area contributed by atoms with Gasteiger partial charge >= 0.3 is 0 Å². The van der Waals surface area contributed by atoms with Gasteiger partial charge in [-0.25, -0.2) is 0 Å². The number of hydrogen-bond acceptors (Lipinski definition) is 2. The number of anilines is 1. The van der Waals surface area contributed by atoms with Crippen LogP contribution in [0.3, 0.4) is 0 Å². The lowest BCUT2D eigenvalue weighted by molar-refractivity contribution is 0.410. The van der Waals surface area contributed by atoms with Crippen LogP contribution >= 0.6 is 11.6 Å². The fourth-order valence-electron chi connectivity index (χ4n) is 1.81. The van der Waals surface area contributed by atoms with Crippen molar-refractivity contribution in [3.05, 3.63) is 58.6 Å². The molecule has 0 heterocycles. The fraction of sp³-hybridized carbons (Fsp3) is 0.143. The Labute approximate surface area is 106 Å². The van der Waals surface area contributed by atoms with Crippen LogP contribution in [-0.2, 0) is 6.42 Å². The van der Waals surface area contributed by atoms with Gasteiger partial charge in [0.15, 0.2) is 0 Å². The Morgan fingerprint density at radius 3 is 2.71 bits per heavy atom. The van der Waals surface area contributed by atoms with Crippen molar-refractivity contribution in [2.45, 2.75) is 6.42 Å². The Hall–Kier alpha value is -1.67. The molecule has 0 aliphatic heterocycles. The van der Waals surface area contributed by atoms with Crippen LogP contribution in [0.1, 0.15) is 11.1 Å². The van der Waals surface area contributed by atoms with Gasteiger partial charge in [-0.05, 0) is 41.5 Å². The highest BCUT2D eigenvalue weighted by molar-refractivity contribution is 6.30. The molecule has 2 N–H and O–H groups in total. The normalized spacial score (nSPS) is 10.2. The van der Waals surface area contributed by atoms with Crippen molar-refractivity contribution in [1.29, 1.82) is 0 Å². The van der Waals surface area contributed by atoms with Gasteiger partial charge in [0.1, 0.15) is 5.75 Å². The number of methoxy groups -OCH3 is 1. The van der Waals surface area contributed by atoms with Crippen LogP contribution in [-0.4, -0.2) is 7.11 Å². The molecule has 0 unspecified atom stereocenters. The molecule has 0 aromatic heterocycles. The van der Waals surface area contributed by atoms with Crippen LogP contribution < -0.4 is 10.5 Å². The zero-order valence-corrected chi connectivity index (χ0v) is 10.4. The Morgan fingerprint density at radius 1 is 1.18 bits per heavy atom. The maximum absolute atomic E-state index is 5.99. The Kier molecular flexibility index (Phi) is 3.55. The number of benzene rings is 2. The minimum atomic E-state index is 0.713. The lowest BCUT2D eigenvalue weighted by Crippen LogP contribution is -1.95. The highest BCUT2D eigenvalue weighted by atomic mass is 35.5. The molecule has 0 aliphatic rings. The topological polar surface area (TPSA) is 35.2 Å². The van der Waals surface area contributed by atoms with Gasteiger partial charge in [0.05, 0.1) is 7.11 Å². The van der Waals surface area contributed by atoms with Crippen LogP contribution in [0.4, 0.5) is 5.69 Å². The maximum atomic E-state index is 5.99. The van der Waals surface area contributed by atoms with E-state index in [1.165, 1.54) is 0 Å². The first kappa shape index (κ1) is 11.8. The molecule has 17 heavy (non-hydrogen) atoms. The van der Waals surface area contributed by atoms with Gasteiger partial charge in [0.25, 0.3) is 0 Å². The molecule has 2 aromatic rings. The average Bonchev–Trinajstić information content (AvgIpc) is 2.29. The number of nitrogens with two attached hydrogens (primary N) is 1. The molecule has 0 spiro atoms. The first-order chi connectivity index (χ1) is 8.19. The summed E-state index contributed by atoms with van der Waals surface area (Å²) in [6.07, 6.45) is 0.759. The second-order valence-corrected chi connectivity index (χ2v) is 4.31. The van der Waals surface area contributed by atoms with Gasteiger partial charge < -0.3 is 10.5 Å². The zero-order valence-electron chi connectivity index (χ0n) is 9.61. The molecular formula is C14H14ClNO. The molecule has 0 saturated carbocycles. The summed E-state index contributed by atoms with van der Waals surface area (Å²) in [6, 6.07) is 13.4. The number of ether oxygens (including phenoxy) is 1. The lowest BCUT2D eigenvalue weighted by atomic mass is 10.0. The zero-order chi connectivity index (χ0) is 12.3. The number of rotatable bonds is 3. The third-order valence-electron chi connectivity index (χ3n) is 2.59. The SMILES string of the molecule is COc1ccc(Cl)cc1Cc1cccc(N)c1. The summed E-state index contributed by atoms with van der Waals surface area (Å²) in [5.74, 6) is 0.844. The molecule has 0 radical (unpaired) electrons. The summed E-state index contributed by atoms with van der Waals surface area (Å²) in [6.45, 7) is 0. The lowest BCUT2D eigenvalue weighted by Gasteiger charge is -2.09. The standard InChI is InChI=1S/C14H14ClNO/c1-17-14-6-5-12(15)9-11(14)7-10-3-2-4-13(16)8-10/h2-6,8-9H,7,16H2,1H3. The van der Waals surface area contributed by atoms with Gasteiger partial charge in [-0.1, -0.05) is 23.7 Å². The maximum Gasteiger partial charge on any atom is 0.122 e. The second kappa shape index (κ2) is 5.11. The Balaban J connectivity index is 2.32. The Bertz CT molecular complexity index is 525. The van der Waals surface area contributed by atoms with Crippen molar-refractivity contribution in [3.63, 3.8) is 0 Å². The molecule has 0 amide bonds. The summed E-state index contributed by atoms with van der Waals surface area (Å²) < 4.78 is 5.31. The monoisotopic (exact) mass is 247 g/mol. The average molecular weight is 248 g/mol. The molecular weight excluding hydrogens is 234 g/mol. The highest BCUT2D eigenvalue weighted by Crippen LogP contribution is 2.25. The van der Waals surface area contributed by atoms with E-state index in [-0.39, 0.29) is 0 Å². The van der Waals surface area contributed by atoms with Crippen molar-refractivity contribution in [2.24, 2.45) is 0 Å². The fourth-order valence-corrected chi connectivity index (χ4v) is 2.00. The van der Waals surface area contributed by atoms with Crippen molar-refractivity contribution < 1.29 is 4.74 Å². The molecule has 0 fully saturated rings. The summed E-state index contributed by atoms with van der Waals surface area (Å²) in [7, 11) is 1.66. The van der Waals surface area contributed by atoms with Gasteiger partial charge in [0.2, 0.25) is 0 Å². The van der Waals surface area contributed by atoms with Crippen molar-refractivity contribution in [1.82, 2.24) is 0 Å². The van der Waals surface area contributed by atoms with Gasteiger partial charge in [-0.2, -0.15) is 0 Å². The largest absolute Gasteiger partial charge is 0.496 e. The third kappa shape index (κ3) is 2.92. The van der Waals surface area contributed by atoms with Crippen LogP contribution in [0, 0.1) is 0 Å². The van der Waals surface area contributed by atoms with E-state index in [4.69, 9.17) is 22.1 Å². The van der Waals surface area contributed by atoms with Crippen LogP contribution in [0.25, 0.3) is 0 Å². The minimum absolute atomic E-state index is 0.713. The van der Waals surface area contributed by atoms with Crippen molar-refractivity contribution in [3.8, 4) is 5.75 Å².